The number of aromatic nitrogens is 1. The molecule has 1 N–H and O–H groups in total. The Hall–Kier alpha value is -1.10. The summed E-state index contributed by atoms with van der Waals surface area (Å²) < 4.78 is 2.24. The number of anilines is 1. The van der Waals surface area contributed by atoms with Gasteiger partial charge >= 0.3 is 0 Å². The van der Waals surface area contributed by atoms with Gasteiger partial charge in [0.25, 0.3) is 0 Å². The first kappa shape index (κ1) is 13.9. The van der Waals surface area contributed by atoms with Gasteiger partial charge in [-0.15, -0.1) is 11.3 Å². The van der Waals surface area contributed by atoms with Crippen LogP contribution in [0, 0.1) is 6.92 Å². The average Bonchev–Trinajstić information content (AvgIpc) is 2.79. The van der Waals surface area contributed by atoms with Crippen molar-refractivity contribution in [2.45, 2.75) is 13.5 Å². The molecule has 102 valence electrons. The fourth-order valence-corrected chi connectivity index (χ4v) is 3.49. The van der Waals surface area contributed by atoms with Crippen molar-refractivity contribution in [3.63, 3.8) is 0 Å². The summed E-state index contributed by atoms with van der Waals surface area (Å²) in [5.41, 5.74) is 3.21. The maximum atomic E-state index is 6.19. The molecule has 0 saturated heterocycles. The molecule has 3 aromatic rings. The van der Waals surface area contributed by atoms with Gasteiger partial charge in [0.05, 0.1) is 15.2 Å². The summed E-state index contributed by atoms with van der Waals surface area (Å²) >= 11 is 11.4. The van der Waals surface area contributed by atoms with Gasteiger partial charge in [0.2, 0.25) is 0 Å². The molecule has 0 unspecified atom stereocenters. The van der Waals surface area contributed by atoms with Crippen molar-refractivity contribution >= 4 is 54.8 Å². The van der Waals surface area contributed by atoms with Crippen LogP contribution < -0.4 is 5.32 Å². The second kappa shape index (κ2) is 5.72. The first-order valence-corrected chi connectivity index (χ1v) is 8.15. The topological polar surface area (TPSA) is 24.9 Å². The summed E-state index contributed by atoms with van der Waals surface area (Å²) in [4.78, 5) is 4.46. The van der Waals surface area contributed by atoms with E-state index in [0.717, 1.165) is 31.3 Å². The molecule has 0 amide bonds. The summed E-state index contributed by atoms with van der Waals surface area (Å²) in [6.07, 6.45) is 0. The quantitative estimate of drug-likeness (QED) is 0.648. The number of aryl methyl sites for hydroxylation is 1. The second-order valence-electron chi connectivity index (χ2n) is 4.50. The van der Waals surface area contributed by atoms with Gasteiger partial charge in [-0.1, -0.05) is 27.5 Å². The van der Waals surface area contributed by atoms with Gasteiger partial charge in [-0.25, -0.2) is 4.98 Å². The predicted molar refractivity (Wildman–Crippen MR) is 90.8 cm³/mol. The van der Waals surface area contributed by atoms with Crippen LogP contribution in [-0.2, 0) is 6.54 Å². The third kappa shape index (κ3) is 2.97. The molecule has 0 radical (unpaired) electrons. The number of nitrogens with one attached hydrogen (secondary N) is 1. The highest BCUT2D eigenvalue weighted by molar-refractivity contribution is 9.10. The van der Waals surface area contributed by atoms with Crippen LogP contribution in [-0.4, -0.2) is 4.98 Å². The van der Waals surface area contributed by atoms with Crippen LogP contribution in [0.25, 0.3) is 10.2 Å². The Morgan fingerprint density at radius 3 is 2.95 bits per heavy atom. The van der Waals surface area contributed by atoms with Gasteiger partial charge in [0, 0.05) is 21.7 Å². The number of benzene rings is 2. The SMILES string of the molecule is Cc1nc2ccc(NCc3cc(Br)ccc3Cl)cc2s1. The summed E-state index contributed by atoms with van der Waals surface area (Å²) in [5.74, 6) is 0. The molecule has 0 aliphatic carbocycles. The van der Waals surface area contributed by atoms with Gasteiger partial charge in [0.1, 0.15) is 0 Å². The summed E-state index contributed by atoms with van der Waals surface area (Å²) in [6, 6.07) is 12.1. The van der Waals surface area contributed by atoms with Crippen LogP contribution in [0.3, 0.4) is 0 Å². The van der Waals surface area contributed by atoms with Crippen molar-refractivity contribution in [3.05, 3.63) is 56.5 Å². The highest BCUT2D eigenvalue weighted by Gasteiger charge is 2.04. The molecule has 2 nitrogen and oxygen atoms in total. The van der Waals surface area contributed by atoms with E-state index in [0.29, 0.717) is 6.54 Å². The van der Waals surface area contributed by atoms with Crippen molar-refractivity contribution in [2.75, 3.05) is 5.32 Å². The van der Waals surface area contributed by atoms with E-state index >= 15 is 0 Å². The number of thiazole rings is 1. The molecule has 5 heteroatoms. The predicted octanol–water partition coefficient (Wildman–Crippen LogP) is 5.63. The minimum absolute atomic E-state index is 0.696. The largest absolute Gasteiger partial charge is 0.381 e. The zero-order chi connectivity index (χ0) is 14.1. The average molecular weight is 368 g/mol. The number of rotatable bonds is 3. The molecule has 0 spiro atoms. The van der Waals surface area contributed by atoms with Gasteiger partial charge in [-0.2, -0.15) is 0 Å². The Morgan fingerprint density at radius 1 is 1.25 bits per heavy atom. The van der Waals surface area contributed by atoms with Crippen molar-refractivity contribution in [1.82, 2.24) is 4.98 Å². The smallest absolute Gasteiger partial charge is 0.0907 e. The Balaban J connectivity index is 1.80. The summed E-state index contributed by atoms with van der Waals surface area (Å²) in [5, 5.41) is 5.27. The number of hydrogen-bond donors (Lipinski definition) is 1. The molecule has 2 aromatic carbocycles. The number of halogens is 2. The van der Waals surface area contributed by atoms with E-state index in [9.17, 15) is 0 Å². The van der Waals surface area contributed by atoms with Crippen molar-refractivity contribution in [3.8, 4) is 0 Å². The normalized spacial score (nSPS) is 10.9. The van der Waals surface area contributed by atoms with E-state index in [-0.39, 0.29) is 0 Å². The molecule has 1 aromatic heterocycles. The highest BCUT2D eigenvalue weighted by atomic mass is 79.9. The standard InChI is InChI=1S/C15H12BrClN2S/c1-9-19-14-5-3-12(7-15(14)20-9)18-8-10-6-11(16)2-4-13(10)17/h2-7,18H,8H2,1H3. The lowest BCUT2D eigenvalue weighted by atomic mass is 10.2. The second-order valence-corrected chi connectivity index (χ2v) is 7.06. The van der Waals surface area contributed by atoms with Crippen LogP contribution in [0.2, 0.25) is 5.02 Å². The molecule has 20 heavy (non-hydrogen) atoms. The number of fused-ring (bicyclic) bond motifs is 1. The lowest BCUT2D eigenvalue weighted by Gasteiger charge is -2.08. The molecule has 0 fully saturated rings. The Bertz CT molecular complexity index is 770. The van der Waals surface area contributed by atoms with E-state index in [2.05, 4.69) is 32.3 Å². The van der Waals surface area contributed by atoms with Crippen LogP contribution in [0.4, 0.5) is 5.69 Å². The highest BCUT2D eigenvalue weighted by Crippen LogP contribution is 2.26. The van der Waals surface area contributed by atoms with Crippen LogP contribution >= 0.6 is 38.9 Å². The number of nitrogens with zero attached hydrogens (tertiary/aromatic N) is 1. The fraction of sp³-hybridized carbons (Fsp3) is 0.133. The van der Waals surface area contributed by atoms with Crippen molar-refractivity contribution < 1.29 is 0 Å². The minimum atomic E-state index is 0.696. The molecule has 0 bridgehead atoms. The van der Waals surface area contributed by atoms with Crippen LogP contribution in [0.15, 0.2) is 40.9 Å². The molecule has 0 atom stereocenters. The van der Waals surface area contributed by atoms with Gasteiger partial charge in [-0.05, 0) is 48.9 Å². The first-order chi connectivity index (χ1) is 9.61. The maximum absolute atomic E-state index is 6.19. The molecular weight excluding hydrogens is 356 g/mol. The molecular formula is C15H12BrClN2S. The van der Waals surface area contributed by atoms with Gasteiger partial charge in [0.15, 0.2) is 0 Å². The lowest BCUT2D eigenvalue weighted by Crippen LogP contribution is -1.99. The van der Waals surface area contributed by atoms with Crippen molar-refractivity contribution in [1.29, 1.82) is 0 Å². The molecule has 1 heterocycles. The third-order valence-corrected chi connectivity index (χ3v) is 4.78. The zero-order valence-corrected chi connectivity index (χ0v) is 13.9. The Kier molecular flexibility index (Phi) is 3.96. The molecule has 0 aliphatic rings. The van der Waals surface area contributed by atoms with E-state index in [1.807, 2.05) is 37.3 Å². The van der Waals surface area contributed by atoms with E-state index in [4.69, 9.17) is 11.6 Å². The molecule has 0 aliphatic heterocycles. The first-order valence-electron chi connectivity index (χ1n) is 6.17. The Morgan fingerprint density at radius 2 is 2.10 bits per heavy atom. The third-order valence-electron chi connectivity index (χ3n) is 2.99. The zero-order valence-electron chi connectivity index (χ0n) is 10.8. The summed E-state index contributed by atoms with van der Waals surface area (Å²) in [6.45, 7) is 2.72. The fourth-order valence-electron chi connectivity index (χ4n) is 2.03. The maximum Gasteiger partial charge on any atom is 0.0907 e. The van der Waals surface area contributed by atoms with Gasteiger partial charge in [-0.3, -0.25) is 0 Å². The van der Waals surface area contributed by atoms with E-state index < -0.39 is 0 Å². The Labute approximate surface area is 134 Å². The minimum Gasteiger partial charge on any atom is -0.381 e. The van der Waals surface area contributed by atoms with Crippen LogP contribution in [0.1, 0.15) is 10.6 Å². The molecule has 3 rings (SSSR count). The monoisotopic (exact) mass is 366 g/mol. The van der Waals surface area contributed by atoms with Crippen molar-refractivity contribution in [2.24, 2.45) is 0 Å². The molecule has 0 saturated carbocycles. The van der Waals surface area contributed by atoms with E-state index in [1.54, 1.807) is 11.3 Å². The van der Waals surface area contributed by atoms with Gasteiger partial charge < -0.3 is 5.32 Å². The van der Waals surface area contributed by atoms with E-state index in [1.165, 1.54) is 4.70 Å². The summed E-state index contributed by atoms with van der Waals surface area (Å²) in [7, 11) is 0. The number of hydrogen-bond acceptors (Lipinski definition) is 3. The van der Waals surface area contributed by atoms with Crippen LogP contribution in [0.5, 0.6) is 0 Å². The lowest BCUT2D eigenvalue weighted by molar-refractivity contribution is 1.15.